The highest BCUT2D eigenvalue weighted by molar-refractivity contribution is 6.30. The number of hydrogen-bond acceptors (Lipinski definition) is 2. The van der Waals surface area contributed by atoms with E-state index in [1.54, 1.807) is 18.2 Å². The molecule has 0 atom stereocenters. The van der Waals surface area contributed by atoms with Crippen LogP contribution in [0.15, 0.2) is 18.2 Å². The van der Waals surface area contributed by atoms with E-state index in [2.05, 4.69) is 0 Å². The van der Waals surface area contributed by atoms with Crippen LogP contribution in [0.25, 0.3) is 0 Å². The Labute approximate surface area is 70.6 Å². The van der Waals surface area contributed by atoms with Crippen molar-refractivity contribution in [2.24, 2.45) is 5.73 Å². The first-order valence-corrected chi connectivity index (χ1v) is 3.79. The first-order chi connectivity index (χ1) is 5.24. The van der Waals surface area contributed by atoms with Gasteiger partial charge in [0, 0.05) is 5.02 Å². The molecule has 0 amide bonds. The number of halogens is 1. The maximum atomic E-state index is 9.25. The van der Waals surface area contributed by atoms with Crippen molar-refractivity contribution in [1.29, 1.82) is 0 Å². The van der Waals surface area contributed by atoms with Crippen molar-refractivity contribution < 1.29 is 5.11 Å². The van der Waals surface area contributed by atoms with E-state index < -0.39 is 0 Å². The normalized spacial score (nSPS) is 10.0. The monoisotopic (exact) mass is 171 g/mol. The molecule has 11 heavy (non-hydrogen) atoms. The van der Waals surface area contributed by atoms with Crippen molar-refractivity contribution in [2.75, 3.05) is 6.54 Å². The number of phenols is 1. The van der Waals surface area contributed by atoms with Gasteiger partial charge < -0.3 is 10.8 Å². The van der Waals surface area contributed by atoms with Crippen LogP contribution in [0.1, 0.15) is 5.56 Å². The van der Waals surface area contributed by atoms with Gasteiger partial charge >= 0.3 is 0 Å². The van der Waals surface area contributed by atoms with Gasteiger partial charge in [-0.3, -0.25) is 0 Å². The Morgan fingerprint density at radius 1 is 1.45 bits per heavy atom. The Morgan fingerprint density at radius 3 is 2.82 bits per heavy atom. The largest absolute Gasteiger partial charge is 0.508 e. The topological polar surface area (TPSA) is 46.2 Å². The number of hydrogen-bond donors (Lipinski definition) is 2. The Hall–Kier alpha value is -0.730. The second-order valence-corrected chi connectivity index (χ2v) is 2.75. The number of nitrogens with two attached hydrogens (primary N) is 1. The van der Waals surface area contributed by atoms with E-state index in [9.17, 15) is 5.11 Å². The summed E-state index contributed by atoms with van der Waals surface area (Å²) in [6.45, 7) is 0.522. The molecular weight excluding hydrogens is 162 g/mol. The van der Waals surface area contributed by atoms with Crippen molar-refractivity contribution in [3.8, 4) is 5.75 Å². The number of rotatable bonds is 2. The van der Waals surface area contributed by atoms with E-state index in [1.807, 2.05) is 0 Å². The summed E-state index contributed by atoms with van der Waals surface area (Å²) in [6.07, 6.45) is 0.659. The van der Waals surface area contributed by atoms with E-state index in [0.717, 1.165) is 5.56 Å². The zero-order chi connectivity index (χ0) is 8.27. The van der Waals surface area contributed by atoms with Gasteiger partial charge in [0.15, 0.2) is 0 Å². The van der Waals surface area contributed by atoms with E-state index >= 15 is 0 Å². The fraction of sp³-hybridized carbons (Fsp3) is 0.250. The third kappa shape index (κ3) is 2.10. The molecule has 0 unspecified atom stereocenters. The third-order valence-electron chi connectivity index (χ3n) is 1.46. The summed E-state index contributed by atoms with van der Waals surface area (Å²) >= 11 is 5.70. The van der Waals surface area contributed by atoms with Crippen LogP contribution in [-0.2, 0) is 6.42 Å². The van der Waals surface area contributed by atoms with Crippen molar-refractivity contribution in [1.82, 2.24) is 0 Å². The lowest BCUT2D eigenvalue weighted by molar-refractivity contribution is 0.468. The Bertz CT molecular complexity index is 250. The molecule has 0 aliphatic rings. The zero-order valence-electron chi connectivity index (χ0n) is 6.05. The standard InChI is InChI=1S/C8H10ClNO/c9-7-1-2-8(11)6(5-7)3-4-10/h1-2,5,11H,3-4,10H2. The second-order valence-electron chi connectivity index (χ2n) is 2.31. The van der Waals surface area contributed by atoms with Crippen LogP contribution in [0, 0.1) is 0 Å². The van der Waals surface area contributed by atoms with Gasteiger partial charge in [-0.15, -0.1) is 0 Å². The van der Waals surface area contributed by atoms with Crippen LogP contribution < -0.4 is 5.73 Å². The van der Waals surface area contributed by atoms with Crippen LogP contribution in [0.4, 0.5) is 0 Å². The summed E-state index contributed by atoms with van der Waals surface area (Å²) in [7, 11) is 0. The van der Waals surface area contributed by atoms with Gasteiger partial charge in [-0.1, -0.05) is 11.6 Å². The summed E-state index contributed by atoms with van der Waals surface area (Å²) in [4.78, 5) is 0. The fourth-order valence-electron chi connectivity index (χ4n) is 0.910. The van der Waals surface area contributed by atoms with Gasteiger partial charge in [-0.25, -0.2) is 0 Å². The molecule has 0 radical (unpaired) electrons. The van der Waals surface area contributed by atoms with Gasteiger partial charge in [-0.05, 0) is 36.7 Å². The molecule has 3 N–H and O–H groups in total. The zero-order valence-corrected chi connectivity index (χ0v) is 6.80. The van der Waals surface area contributed by atoms with Crippen molar-refractivity contribution in [3.63, 3.8) is 0 Å². The first kappa shape index (κ1) is 8.37. The Morgan fingerprint density at radius 2 is 2.18 bits per heavy atom. The summed E-state index contributed by atoms with van der Waals surface area (Å²) in [6, 6.07) is 4.95. The SMILES string of the molecule is NCCc1cc(Cl)ccc1O. The second kappa shape index (κ2) is 3.60. The summed E-state index contributed by atoms with van der Waals surface area (Å²) in [5.41, 5.74) is 6.13. The minimum Gasteiger partial charge on any atom is -0.508 e. The molecule has 0 fully saturated rings. The molecule has 60 valence electrons. The average Bonchev–Trinajstić information content (AvgIpc) is 1.98. The maximum Gasteiger partial charge on any atom is 0.118 e. The summed E-state index contributed by atoms with van der Waals surface area (Å²) in [5, 5.41) is 9.88. The van der Waals surface area contributed by atoms with Crippen LogP contribution in [-0.4, -0.2) is 11.7 Å². The predicted molar refractivity (Wildman–Crippen MR) is 45.9 cm³/mol. The highest BCUT2D eigenvalue weighted by Gasteiger charge is 1.99. The Balaban J connectivity index is 2.93. The minimum atomic E-state index is 0.264. The van der Waals surface area contributed by atoms with E-state index in [0.29, 0.717) is 18.0 Å². The average molecular weight is 172 g/mol. The lowest BCUT2D eigenvalue weighted by Crippen LogP contribution is -2.02. The molecular formula is C8H10ClNO. The van der Waals surface area contributed by atoms with Crippen molar-refractivity contribution >= 4 is 11.6 Å². The van der Waals surface area contributed by atoms with Crippen LogP contribution >= 0.6 is 11.6 Å². The molecule has 0 aromatic heterocycles. The van der Waals surface area contributed by atoms with Gasteiger partial charge in [0.25, 0.3) is 0 Å². The van der Waals surface area contributed by atoms with Gasteiger partial charge in [0.05, 0.1) is 0 Å². The molecule has 1 aromatic carbocycles. The number of phenolic OH excluding ortho intramolecular Hbond substituents is 1. The molecule has 1 rings (SSSR count). The smallest absolute Gasteiger partial charge is 0.118 e. The first-order valence-electron chi connectivity index (χ1n) is 3.41. The molecule has 0 heterocycles. The predicted octanol–water partition coefficient (Wildman–Crippen LogP) is 1.55. The van der Waals surface area contributed by atoms with Crippen molar-refractivity contribution in [3.05, 3.63) is 28.8 Å². The molecule has 2 nitrogen and oxygen atoms in total. The maximum absolute atomic E-state index is 9.25. The highest BCUT2D eigenvalue weighted by atomic mass is 35.5. The lowest BCUT2D eigenvalue weighted by atomic mass is 10.1. The molecule has 0 aliphatic carbocycles. The van der Waals surface area contributed by atoms with Gasteiger partial charge in [0.1, 0.15) is 5.75 Å². The summed E-state index contributed by atoms with van der Waals surface area (Å²) < 4.78 is 0. The van der Waals surface area contributed by atoms with E-state index in [1.165, 1.54) is 0 Å². The van der Waals surface area contributed by atoms with E-state index in [-0.39, 0.29) is 5.75 Å². The molecule has 0 saturated heterocycles. The molecule has 1 aromatic rings. The fourth-order valence-corrected chi connectivity index (χ4v) is 1.10. The third-order valence-corrected chi connectivity index (χ3v) is 1.69. The minimum absolute atomic E-state index is 0.264. The van der Waals surface area contributed by atoms with E-state index in [4.69, 9.17) is 17.3 Å². The number of aromatic hydroxyl groups is 1. The van der Waals surface area contributed by atoms with Crippen LogP contribution in [0.2, 0.25) is 5.02 Å². The molecule has 0 aliphatic heterocycles. The van der Waals surface area contributed by atoms with Crippen LogP contribution in [0.3, 0.4) is 0 Å². The summed E-state index contributed by atoms with van der Waals surface area (Å²) in [5.74, 6) is 0.264. The lowest BCUT2D eigenvalue weighted by Gasteiger charge is -2.01. The molecule has 3 heteroatoms. The quantitative estimate of drug-likeness (QED) is 0.709. The van der Waals surface area contributed by atoms with Gasteiger partial charge in [-0.2, -0.15) is 0 Å². The Kier molecular flexibility index (Phi) is 2.74. The molecule has 0 bridgehead atoms. The van der Waals surface area contributed by atoms with Crippen molar-refractivity contribution in [2.45, 2.75) is 6.42 Å². The molecule has 0 spiro atoms. The molecule has 0 saturated carbocycles. The number of benzene rings is 1. The van der Waals surface area contributed by atoms with Gasteiger partial charge in [0.2, 0.25) is 0 Å². The highest BCUT2D eigenvalue weighted by Crippen LogP contribution is 2.21. The van der Waals surface area contributed by atoms with Crippen LogP contribution in [0.5, 0.6) is 5.75 Å².